The largest absolute Gasteiger partial charge is 0.496 e. The number of unbranched alkanes of at least 4 members (excludes halogenated alkanes) is 2. The van der Waals surface area contributed by atoms with Gasteiger partial charge in [-0.3, -0.25) is 0 Å². The van der Waals surface area contributed by atoms with Crippen molar-refractivity contribution in [1.29, 1.82) is 0 Å². The molecule has 26 heavy (non-hydrogen) atoms. The van der Waals surface area contributed by atoms with Crippen LogP contribution in [0.4, 0.5) is 0 Å². The molecule has 1 aliphatic carbocycles. The lowest BCUT2D eigenvalue weighted by atomic mass is 9.76. The van der Waals surface area contributed by atoms with E-state index in [0.717, 1.165) is 54.7 Å². The average molecular weight is 359 g/mol. The van der Waals surface area contributed by atoms with Crippen LogP contribution in [0.3, 0.4) is 0 Å². The van der Waals surface area contributed by atoms with Crippen molar-refractivity contribution in [2.24, 2.45) is 0 Å². The number of rotatable bonds is 8. The smallest absolute Gasteiger partial charge is 0.126 e. The third-order valence-electron chi connectivity index (χ3n) is 5.17. The maximum Gasteiger partial charge on any atom is 0.126 e. The fraction of sp³-hybridized carbons (Fsp3) is 0.565. The van der Waals surface area contributed by atoms with Crippen LogP contribution in [0.1, 0.15) is 69.4 Å². The second-order valence-corrected chi connectivity index (χ2v) is 7.37. The van der Waals surface area contributed by atoms with E-state index in [4.69, 9.17) is 9.47 Å². The summed E-state index contributed by atoms with van der Waals surface area (Å²) < 4.78 is 11.5. The number of aliphatic hydroxyl groups excluding tert-OH is 1. The maximum absolute atomic E-state index is 10.8. The second-order valence-electron chi connectivity index (χ2n) is 7.37. The minimum atomic E-state index is -0.428. The van der Waals surface area contributed by atoms with E-state index in [9.17, 15) is 5.11 Å². The van der Waals surface area contributed by atoms with Gasteiger partial charge in [0.15, 0.2) is 0 Å². The van der Waals surface area contributed by atoms with Gasteiger partial charge in [0.2, 0.25) is 0 Å². The van der Waals surface area contributed by atoms with E-state index < -0.39 is 6.10 Å². The van der Waals surface area contributed by atoms with Gasteiger partial charge in [-0.25, -0.2) is 0 Å². The van der Waals surface area contributed by atoms with E-state index in [0.29, 0.717) is 0 Å². The zero-order valence-corrected chi connectivity index (χ0v) is 16.8. The molecule has 1 fully saturated rings. The van der Waals surface area contributed by atoms with Gasteiger partial charge in [0.25, 0.3) is 0 Å². The highest BCUT2D eigenvalue weighted by Gasteiger charge is 2.33. The van der Waals surface area contributed by atoms with Crippen LogP contribution in [0.15, 0.2) is 35.9 Å². The average Bonchev–Trinajstić information content (AvgIpc) is 2.61. The molecule has 144 valence electrons. The van der Waals surface area contributed by atoms with Gasteiger partial charge < -0.3 is 14.6 Å². The van der Waals surface area contributed by atoms with Gasteiger partial charge in [0.1, 0.15) is 11.5 Å². The number of aryl methyl sites for hydroxylation is 1. The van der Waals surface area contributed by atoms with Gasteiger partial charge >= 0.3 is 0 Å². The lowest BCUT2D eigenvalue weighted by Gasteiger charge is -2.33. The van der Waals surface area contributed by atoms with E-state index in [1.165, 1.54) is 24.0 Å². The summed E-state index contributed by atoms with van der Waals surface area (Å²) in [4.78, 5) is 0. The first-order valence-electron chi connectivity index (χ1n) is 9.80. The van der Waals surface area contributed by atoms with Crippen molar-refractivity contribution in [3.8, 4) is 11.5 Å². The van der Waals surface area contributed by atoms with Crippen LogP contribution in [0.5, 0.6) is 11.5 Å². The van der Waals surface area contributed by atoms with Crippen LogP contribution in [-0.2, 0) is 6.42 Å². The summed E-state index contributed by atoms with van der Waals surface area (Å²) in [5.74, 6) is 1.53. The Balaban J connectivity index is 2.49. The molecule has 1 N–H and O–H groups in total. The molecule has 3 heteroatoms. The molecule has 2 rings (SSSR count). The van der Waals surface area contributed by atoms with Crippen LogP contribution >= 0.6 is 0 Å². The molecule has 0 radical (unpaired) electrons. The minimum Gasteiger partial charge on any atom is -0.496 e. The lowest BCUT2D eigenvalue weighted by Crippen LogP contribution is -2.26. The van der Waals surface area contributed by atoms with Crippen molar-refractivity contribution in [2.45, 2.75) is 70.8 Å². The molecule has 1 saturated carbocycles. The number of aliphatic hydroxyl groups is 1. The molecule has 0 bridgehead atoms. The van der Waals surface area contributed by atoms with Gasteiger partial charge in [-0.1, -0.05) is 43.6 Å². The summed E-state index contributed by atoms with van der Waals surface area (Å²) in [6.07, 6.45) is 9.05. The zero-order valence-electron chi connectivity index (χ0n) is 16.8. The molecular formula is C23H34O3. The van der Waals surface area contributed by atoms with Crippen molar-refractivity contribution in [1.82, 2.24) is 0 Å². The molecule has 1 unspecified atom stereocenters. The Labute approximate surface area is 158 Å². The number of hydrogen-bond acceptors (Lipinski definition) is 3. The second kappa shape index (κ2) is 9.82. The first-order chi connectivity index (χ1) is 12.5. The molecule has 0 heterocycles. The summed E-state index contributed by atoms with van der Waals surface area (Å²) in [6, 6.07) is 4.24. The standard InChI is InChI=1S/C23H34O3/c1-6-7-8-10-17-14-20(25-4)23(21(15-17)26-5)22-18(13-16(2)3)11-9-12-19(22)24/h13-15,19,22,24H,2,6-12H2,1,3-5H3/t19?,22-/m1/s1. The monoisotopic (exact) mass is 358 g/mol. The van der Waals surface area contributed by atoms with Gasteiger partial charge in [-0.2, -0.15) is 0 Å². The number of hydrogen-bond donors (Lipinski definition) is 1. The fourth-order valence-corrected chi connectivity index (χ4v) is 3.96. The van der Waals surface area contributed by atoms with Gasteiger partial charge in [-0.05, 0) is 56.7 Å². The topological polar surface area (TPSA) is 38.7 Å². The summed E-state index contributed by atoms with van der Waals surface area (Å²) in [5.41, 5.74) is 4.42. The normalized spacial score (nSPS) is 21.7. The molecule has 0 aromatic heterocycles. The van der Waals surface area contributed by atoms with Crippen molar-refractivity contribution in [3.63, 3.8) is 0 Å². The van der Waals surface area contributed by atoms with Crippen LogP contribution < -0.4 is 9.47 Å². The van der Waals surface area contributed by atoms with Gasteiger partial charge in [-0.15, -0.1) is 0 Å². The van der Waals surface area contributed by atoms with Crippen molar-refractivity contribution in [2.75, 3.05) is 14.2 Å². The third-order valence-corrected chi connectivity index (χ3v) is 5.17. The molecule has 2 atom stereocenters. The molecule has 3 nitrogen and oxygen atoms in total. The molecular weight excluding hydrogens is 324 g/mol. The summed E-state index contributed by atoms with van der Waals surface area (Å²) in [5, 5.41) is 10.8. The third kappa shape index (κ3) is 4.91. The Morgan fingerprint density at radius 3 is 2.42 bits per heavy atom. The van der Waals surface area contributed by atoms with Crippen LogP contribution in [-0.4, -0.2) is 25.4 Å². The molecule has 0 amide bonds. The Hall–Kier alpha value is -1.74. The van der Waals surface area contributed by atoms with Crippen molar-refractivity contribution >= 4 is 0 Å². The number of benzene rings is 1. The van der Waals surface area contributed by atoms with Crippen LogP contribution in [0.25, 0.3) is 0 Å². The van der Waals surface area contributed by atoms with E-state index in [-0.39, 0.29) is 5.92 Å². The number of methoxy groups -OCH3 is 2. The quantitative estimate of drug-likeness (QED) is 0.618. The molecule has 1 aliphatic rings. The molecule has 1 aromatic rings. The van der Waals surface area contributed by atoms with E-state index in [2.05, 4.69) is 31.7 Å². The molecule has 1 aromatic carbocycles. The zero-order chi connectivity index (χ0) is 19.1. The fourth-order valence-electron chi connectivity index (χ4n) is 3.96. The first-order valence-corrected chi connectivity index (χ1v) is 9.80. The van der Waals surface area contributed by atoms with E-state index in [1.807, 2.05) is 6.92 Å². The first kappa shape index (κ1) is 20.6. The van der Waals surface area contributed by atoms with Gasteiger partial charge in [0.05, 0.1) is 20.3 Å². The lowest BCUT2D eigenvalue weighted by molar-refractivity contribution is 0.126. The Morgan fingerprint density at radius 1 is 1.23 bits per heavy atom. The Bertz CT molecular complexity index is 620. The summed E-state index contributed by atoms with van der Waals surface area (Å²) >= 11 is 0. The number of ether oxygens (including phenoxy) is 2. The van der Waals surface area contributed by atoms with Crippen LogP contribution in [0.2, 0.25) is 0 Å². The number of allylic oxidation sites excluding steroid dienone is 2. The Kier molecular flexibility index (Phi) is 7.77. The highest BCUT2D eigenvalue weighted by molar-refractivity contribution is 5.54. The molecule has 0 spiro atoms. The highest BCUT2D eigenvalue weighted by Crippen LogP contribution is 2.46. The van der Waals surface area contributed by atoms with Crippen molar-refractivity contribution < 1.29 is 14.6 Å². The highest BCUT2D eigenvalue weighted by atomic mass is 16.5. The molecule has 0 saturated heterocycles. The molecule has 0 aliphatic heterocycles. The van der Waals surface area contributed by atoms with Crippen molar-refractivity contribution in [3.05, 3.63) is 47.1 Å². The van der Waals surface area contributed by atoms with Crippen LogP contribution in [0, 0.1) is 0 Å². The van der Waals surface area contributed by atoms with Gasteiger partial charge in [0, 0.05) is 11.5 Å². The maximum atomic E-state index is 10.8. The van der Waals surface area contributed by atoms with E-state index >= 15 is 0 Å². The Morgan fingerprint density at radius 2 is 1.88 bits per heavy atom. The predicted molar refractivity (Wildman–Crippen MR) is 108 cm³/mol. The predicted octanol–water partition coefficient (Wildman–Crippen LogP) is 5.57. The minimum absolute atomic E-state index is 0.102. The SMILES string of the molecule is C=C(C)C=C1CCCC(O)[C@@H]1c1c(OC)cc(CCCCC)cc1OC. The summed E-state index contributed by atoms with van der Waals surface area (Å²) in [6.45, 7) is 8.23. The summed E-state index contributed by atoms with van der Waals surface area (Å²) in [7, 11) is 3.40. The van der Waals surface area contributed by atoms with E-state index in [1.54, 1.807) is 14.2 Å².